The van der Waals surface area contributed by atoms with E-state index in [0.717, 1.165) is 17.4 Å². The molecule has 0 aromatic heterocycles. The van der Waals surface area contributed by atoms with E-state index in [1.165, 1.54) is 18.5 Å². The quantitative estimate of drug-likeness (QED) is 0.844. The van der Waals surface area contributed by atoms with Gasteiger partial charge in [-0.3, -0.25) is 4.79 Å². The second kappa shape index (κ2) is 7.58. The molecule has 1 aliphatic rings. The molecule has 0 saturated carbocycles. The Balaban J connectivity index is 1.93. The Bertz CT molecular complexity index is 958. The molecule has 1 atom stereocenters. The number of ether oxygens (including phenoxy) is 2. The van der Waals surface area contributed by atoms with Gasteiger partial charge in [0.2, 0.25) is 15.9 Å². The normalized spacial score (nSPS) is 17.1. The monoisotopic (exact) mass is 390 g/mol. The Morgan fingerprint density at radius 1 is 1.11 bits per heavy atom. The largest absolute Gasteiger partial charge is 0.497 e. The molecule has 7 nitrogen and oxygen atoms in total. The number of rotatable bonds is 5. The maximum absolute atomic E-state index is 13.0. The van der Waals surface area contributed by atoms with E-state index in [9.17, 15) is 13.2 Å². The first kappa shape index (κ1) is 19.2. The predicted molar refractivity (Wildman–Crippen MR) is 102 cm³/mol. The van der Waals surface area contributed by atoms with Crippen molar-refractivity contribution < 1.29 is 22.7 Å². The van der Waals surface area contributed by atoms with Crippen molar-refractivity contribution >= 4 is 21.6 Å². The van der Waals surface area contributed by atoms with E-state index in [0.29, 0.717) is 23.6 Å². The van der Waals surface area contributed by atoms with Gasteiger partial charge in [0.05, 0.1) is 26.2 Å². The Labute approximate surface area is 158 Å². The number of amides is 1. The zero-order valence-electron chi connectivity index (χ0n) is 15.4. The molecule has 0 radical (unpaired) electrons. The van der Waals surface area contributed by atoms with Gasteiger partial charge in [-0.15, -0.1) is 0 Å². The lowest BCUT2D eigenvalue weighted by Crippen LogP contribution is -2.50. The number of anilines is 1. The van der Waals surface area contributed by atoms with Crippen LogP contribution >= 0.6 is 0 Å². The van der Waals surface area contributed by atoms with Gasteiger partial charge >= 0.3 is 0 Å². The molecule has 0 bridgehead atoms. The summed E-state index contributed by atoms with van der Waals surface area (Å²) in [6.07, 6.45) is 1.43. The average Bonchev–Trinajstić information content (AvgIpc) is 2.66. The highest BCUT2D eigenvalue weighted by Gasteiger charge is 2.37. The van der Waals surface area contributed by atoms with E-state index in [2.05, 4.69) is 5.32 Å². The van der Waals surface area contributed by atoms with Crippen LogP contribution in [0.15, 0.2) is 42.5 Å². The fourth-order valence-electron chi connectivity index (χ4n) is 3.20. The van der Waals surface area contributed by atoms with Crippen LogP contribution in [-0.2, 0) is 27.8 Å². The number of fused-ring (bicyclic) bond motifs is 1. The van der Waals surface area contributed by atoms with Crippen molar-refractivity contribution in [3.8, 4) is 11.5 Å². The van der Waals surface area contributed by atoms with Gasteiger partial charge in [-0.25, -0.2) is 8.42 Å². The molecule has 8 heteroatoms. The summed E-state index contributed by atoms with van der Waals surface area (Å²) in [7, 11) is -0.545. The highest BCUT2D eigenvalue weighted by molar-refractivity contribution is 7.88. The lowest BCUT2D eigenvalue weighted by Gasteiger charge is -2.34. The van der Waals surface area contributed by atoms with Crippen molar-refractivity contribution in [2.75, 3.05) is 25.8 Å². The van der Waals surface area contributed by atoms with Crippen LogP contribution in [0.4, 0.5) is 5.69 Å². The summed E-state index contributed by atoms with van der Waals surface area (Å²) >= 11 is 0. The van der Waals surface area contributed by atoms with Crippen LogP contribution in [-0.4, -0.2) is 45.1 Å². The van der Waals surface area contributed by atoms with Gasteiger partial charge < -0.3 is 14.8 Å². The minimum atomic E-state index is -3.57. The minimum absolute atomic E-state index is 0.169. The first-order valence-electron chi connectivity index (χ1n) is 8.40. The van der Waals surface area contributed by atoms with Crippen LogP contribution in [0.1, 0.15) is 11.1 Å². The standard InChI is InChI=1S/C19H22N2O5S/c1-25-15-8-9-18(26-2)16(11-15)20-19(22)17-10-13-6-4-5-7-14(13)12-21(17)27(3,23)24/h4-9,11,17H,10,12H2,1-3H3,(H,20,22). The zero-order valence-corrected chi connectivity index (χ0v) is 16.2. The molecule has 1 heterocycles. The predicted octanol–water partition coefficient (Wildman–Crippen LogP) is 2.03. The van der Waals surface area contributed by atoms with Gasteiger partial charge in [-0.2, -0.15) is 4.31 Å². The van der Waals surface area contributed by atoms with Crippen molar-refractivity contribution in [3.63, 3.8) is 0 Å². The molecule has 0 saturated heterocycles. The minimum Gasteiger partial charge on any atom is -0.497 e. The number of hydrogen-bond acceptors (Lipinski definition) is 5. The maximum Gasteiger partial charge on any atom is 0.243 e. The molecular weight excluding hydrogens is 368 g/mol. The van der Waals surface area contributed by atoms with Gasteiger partial charge in [0, 0.05) is 12.6 Å². The highest BCUT2D eigenvalue weighted by atomic mass is 32.2. The van der Waals surface area contributed by atoms with E-state index in [4.69, 9.17) is 9.47 Å². The number of carbonyl (C=O) groups is 1. The van der Waals surface area contributed by atoms with Gasteiger partial charge in [0.15, 0.2) is 0 Å². The number of benzene rings is 2. The van der Waals surface area contributed by atoms with Gasteiger partial charge in [0.25, 0.3) is 0 Å². The first-order chi connectivity index (χ1) is 12.8. The molecule has 144 valence electrons. The molecule has 27 heavy (non-hydrogen) atoms. The SMILES string of the molecule is COc1ccc(OC)c(NC(=O)C2Cc3ccccc3CN2S(C)(=O)=O)c1. The number of nitrogens with zero attached hydrogens (tertiary/aromatic N) is 1. The highest BCUT2D eigenvalue weighted by Crippen LogP contribution is 2.31. The molecule has 1 N–H and O–H groups in total. The molecule has 3 rings (SSSR count). The number of sulfonamides is 1. The third-order valence-corrected chi connectivity index (χ3v) is 5.83. The summed E-state index contributed by atoms with van der Waals surface area (Å²) in [4.78, 5) is 13.0. The van der Waals surface area contributed by atoms with E-state index < -0.39 is 22.0 Å². The molecule has 1 aliphatic heterocycles. The molecule has 0 aliphatic carbocycles. The van der Waals surface area contributed by atoms with E-state index in [-0.39, 0.29) is 6.54 Å². The lowest BCUT2D eigenvalue weighted by atomic mass is 9.95. The summed E-state index contributed by atoms with van der Waals surface area (Å²) in [5, 5.41) is 2.79. The lowest BCUT2D eigenvalue weighted by molar-refractivity contribution is -0.120. The molecule has 0 spiro atoms. The number of carbonyl (C=O) groups excluding carboxylic acids is 1. The van der Waals surface area contributed by atoms with E-state index >= 15 is 0 Å². The molecule has 0 fully saturated rings. The second-order valence-electron chi connectivity index (χ2n) is 6.35. The van der Waals surface area contributed by atoms with Crippen molar-refractivity contribution in [2.24, 2.45) is 0 Å². The average molecular weight is 390 g/mol. The Morgan fingerprint density at radius 2 is 1.81 bits per heavy atom. The molecule has 2 aromatic rings. The van der Waals surface area contributed by atoms with Crippen LogP contribution in [0.5, 0.6) is 11.5 Å². The summed E-state index contributed by atoms with van der Waals surface area (Å²) in [5.41, 5.74) is 2.30. The van der Waals surface area contributed by atoms with Gasteiger partial charge in [-0.1, -0.05) is 24.3 Å². The second-order valence-corrected chi connectivity index (χ2v) is 8.29. The topological polar surface area (TPSA) is 84.9 Å². The van der Waals surface area contributed by atoms with Crippen molar-refractivity contribution in [1.82, 2.24) is 4.31 Å². The summed E-state index contributed by atoms with van der Waals surface area (Å²) in [6.45, 7) is 0.169. The Hall–Kier alpha value is -2.58. The van der Waals surface area contributed by atoms with Crippen LogP contribution in [0.3, 0.4) is 0 Å². The van der Waals surface area contributed by atoms with E-state index in [1.54, 1.807) is 18.2 Å². The molecular formula is C19H22N2O5S. The van der Waals surface area contributed by atoms with Gasteiger partial charge in [0.1, 0.15) is 17.5 Å². The van der Waals surface area contributed by atoms with E-state index in [1.807, 2.05) is 24.3 Å². The van der Waals surface area contributed by atoms with Crippen LogP contribution in [0.25, 0.3) is 0 Å². The number of hydrogen-bond donors (Lipinski definition) is 1. The fourth-order valence-corrected chi connectivity index (χ4v) is 4.20. The van der Waals surface area contributed by atoms with Crippen LogP contribution in [0, 0.1) is 0 Å². The summed E-state index contributed by atoms with van der Waals surface area (Å²) in [5.74, 6) is 0.604. The third-order valence-electron chi connectivity index (χ3n) is 4.60. The van der Waals surface area contributed by atoms with Crippen LogP contribution < -0.4 is 14.8 Å². The first-order valence-corrected chi connectivity index (χ1v) is 10.2. The van der Waals surface area contributed by atoms with Gasteiger partial charge in [-0.05, 0) is 29.7 Å². The fraction of sp³-hybridized carbons (Fsp3) is 0.316. The zero-order chi connectivity index (χ0) is 19.6. The number of nitrogens with one attached hydrogen (secondary N) is 1. The van der Waals surface area contributed by atoms with Crippen LogP contribution in [0.2, 0.25) is 0 Å². The molecule has 2 aromatic carbocycles. The Kier molecular flexibility index (Phi) is 5.38. The maximum atomic E-state index is 13.0. The third kappa shape index (κ3) is 4.06. The summed E-state index contributed by atoms with van der Waals surface area (Å²) < 4.78 is 36.3. The molecule has 1 amide bonds. The van der Waals surface area contributed by atoms with Crippen molar-refractivity contribution in [2.45, 2.75) is 19.0 Å². The Morgan fingerprint density at radius 3 is 2.44 bits per heavy atom. The van der Waals surface area contributed by atoms with Crippen molar-refractivity contribution in [1.29, 1.82) is 0 Å². The molecule has 1 unspecified atom stereocenters. The smallest absolute Gasteiger partial charge is 0.243 e. The van der Waals surface area contributed by atoms with Crippen molar-refractivity contribution in [3.05, 3.63) is 53.6 Å². The summed E-state index contributed by atoms with van der Waals surface area (Å²) in [6, 6.07) is 11.7. The number of methoxy groups -OCH3 is 2.